The minimum Gasteiger partial charge on any atom is -0.475 e. The SMILES string of the molecule is O=C(O)C(F)(F)F.O=C(c1ccoc1)N1CCO[C@]2(CCC[C@@H]2COCc2cccnc2)C1. The van der Waals surface area contributed by atoms with Crippen molar-refractivity contribution in [3.63, 3.8) is 0 Å². The molecule has 1 aliphatic heterocycles. The summed E-state index contributed by atoms with van der Waals surface area (Å²) in [5.41, 5.74) is 1.39. The minimum absolute atomic E-state index is 0.0170. The second-order valence-electron chi connectivity index (χ2n) is 7.92. The highest BCUT2D eigenvalue weighted by molar-refractivity contribution is 5.93. The first kappa shape index (κ1) is 24.7. The van der Waals surface area contributed by atoms with E-state index in [0.717, 1.165) is 24.8 Å². The first-order valence-electron chi connectivity index (χ1n) is 10.4. The number of ether oxygens (including phenoxy) is 2. The second-order valence-corrected chi connectivity index (χ2v) is 7.92. The number of hydrogen-bond donors (Lipinski definition) is 1. The van der Waals surface area contributed by atoms with Crippen LogP contribution < -0.4 is 0 Å². The molecule has 2 atom stereocenters. The summed E-state index contributed by atoms with van der Waals surface area (Å²) in [6, 6.07) is 5.65. The van der Waals surface area contributed by atoms with Crippen molar-refractivity contribution in [1.82, 2.24) is 9.88 Å². The van der Waals surface area contributed by atoms with E-state index in [1.807, 2.05) is 23.2 Å². The van der Waals surface area contributed by atoms with E-state index in [1.165, 1.54) is 12.5 Å². The molecule has 0 bridgehead atoms. The number of morpholine rings is 1. The van der Waals surface area contributed by atoms with Crippen LogP contribution in [0.4, 0.5) is 13.2 Å². The van der Waals surface area contributed by atoms with Crippen molar-refractivity contribution in [3.8, 4) is 0 Å². The smallest absolute Gasteiger partial charge is 0.475 e. The van der Waals surface area contributed by atoms with Crippen molar-refractivity contribution < 1.29 is 41.8 Å². The fourth-order valence-electron chi connectivity index (χ4n) is 4.10. The molecule has 0 radical (unpaired) electrons. The molecule has 0 unspecified atom stereocenters. The standard InChI is InChI=1S/C20H24N2O4.C2HF3O2/c23-19(17-5-9-24-13-17)22-8-10-26-20(15-22)6-1-4-18(20)14-25-12-16-3-2-7-21-11-16;3-2(4,5)1(6)7/h2-3,5,7,9,11,13,18H,1,4,6,8,10,12,14-15H2;(H,6,7)/t18-,20-;/m1./s1. The number of aromatic nitrogens is 1. The molecule has 1 saturated carbocycles. The summed E-state index contributed by atoms with van der Waals surface area (Å²) >= 11 is 0. The molecule has 8 nitrogen and oxygen atoms in total. The van der Waals surface area contributed by atoms with Gasteiger partial charge in [0.2, 0.25) is 0 Å². The van der Waals surface area contributed by atoms with Gasteiger partial charge in [-0.3, -0.25) is 9.78 Å². The molecule has 3 heterocycles. The zero-order valence-electron chi connectivity index (χ0n) is 17.8. The molecule has 4 rings (SSSR count). The molecular formula is C22H25F3N2O6. The summed E-state index contributed by atoms with van der Waals surface area (Å²) in [5, 5.41) is 7.12. The molecule has 1 spiro atoms. The van der Waals surface area contributed by atoms with Gasteiger partial charge in [-0.15, -0.1) is 0 Å². The number of hydrogen-bond acceptors (Lipinski definition) is 6. The van der Waals surface area contributed by atoms with E-state index in [0.29, 0.717) is 44.4 Å². The van der Waals surface area contributed by atoms with Gasteiger partial charge in [-0.1, -0.05) is 12.5 Å². The van der Waals surface area contributed by atoms with Gasteiger partial charge >= 0.3 is 12.1 Å². The van der Waals surface area contributed by atoms with Gasteiger partial charge in [0, 0.05) is 24.9 Å². The molecule has 1 N–H and O–H groups in total. The van der Waals surface area contributed by atoms with E-state index in [-0.39, 0.29) is 11.5 Å². The first-order valence-corrected chi connectivity index (χ1v) is 10.4. The van der Waals surface area contributed by atoms with Gasteiger partial charge < -0.3 is 23.9 Å². The van der Waals surface area contributed by atoms with Crippen LogP contribution in [0.25, 0.3) is 0 Å². The van der Waals surface area contributed by atoms with Crippen LogP contribution in [0.15, 0.2) is 47.5 Å². The molecule has 180 valence electrons. The van der Waals surface area contributed by atoms with Gasteiger partial charge in [0.15, 0.2) is 0 Å². The van der Waals surface area contributed by atoms with Crippen LogP contribution in [0.2, 0.25) is 0 Å². The third-order valence-electron chi connectivity index (χ3n) is 5.71. The fourth-order valence-corrected chi connectivity index (χ4v) is 4.10. The summed E-state index contributed by atoms with van der Waals surface area (Å²) in [5.74, 6) is -2.44. The Morgan fingerprint density at radius 2 is 2.12 bits per heavy atom. The predicted octanol–water partition coefficient (Wildman–Crippen LogP) is 3.54. The summed E-state index contributed by atoms with van der Waals surface area (Å²) in [6.07, 6.45) is 4.70. The Hall–Kier alpha value is -2.92. The molecule has 33 heavy (non-hydrogen) atoms. The van der Waals surface area contributed by atoms with Gasteiger partial charge in [0.1, 0.15) is 6.26 Å². The number of alkyl halides is 3. The third-order valence-corrected chi connectivity index (χ3v) is 5.71. The number of carbonyl (C=O) groups is 2. The number of furan rings is 1. The zero-order chi connectivity index (χ0) is 23.9. The fraction of sp³-hybridized carbons (Fsp3) is 0.500. The van der Waals surface area contributed by atoms with Crippen LogP contribution in [0, 0.1) is 5.92 Å². The molecule has 11 heteroatoms. The van der Waals surface area contributed by atoms with E-state index in [2.05, 4.69) is 4.98 Å². The van der Waals surface area contributed by atoms with E-state index in [4.69, 9.17) is 23.8 Å². The highest BCUT2D eigenvalue weighted by Crippen LogP contribution is 2.41. The number of carboxylic acids is 1. The molecule has 2 aromatic rings. The van der Waals surface area contributed by atoms with Crippen LogP contribution in [0.3, 0.4) is 0 Å². The Kier molecular flexibility index (Phi) is 8.09. The quantitative estimate of drug-likeness (QED) is 0.713. The van der Waals surface area contributed by atoms with Crippen LogP contribution in [0.5, 0.6) is 0 Å². The van der Waals surface area contributed by atoms with Crippen molar-refractivity contribution in [3.05, 3.63) is 54.2 Å². The Labute approximate surface area is 188 Å². The lowest BCUT2D eigenvalue weighted by molar-refractivity contribution is -0.192. The van der Waals surface area contributed by atoms with E-state index < -0.39 is 12.1 Å². The van der Waals surface area contributed by atoms with Crippen molar-refractivity contribution in [1.29, 1.82) is 0 Å². The molecular weight excluding hydrogens is 445 g/mol. The van der Waals surface area contributed by atoms with Crippen LogP contribution in [0.1, 0.15) is 35.2 Å². The molecule has 1 saturated heterocycles. The highest BCUT2D eigenvalue weighted by Gasteiger charge is 2.48. The summed E-state index contributed by atoms with van der Waals surface area (Å²) in [7, 11) is 0. The lowest BCUT2D eigenvalue weighted by atomic mass is 9.89. The largest absolute Gasteiger partial charge is 0.490 e. The molecule has 2 aliphatic rings. The number of carbonyl (C=O) groups excluding carboxylic acids is 1. The Morgan fingerprint density at radius 1 is 1.33 bits per heavy atom. The maximum atomic E-state index is 12.7. The number of pyridine rings is 1. The summed E-state index contributed by atoms with van der Waals surface area (Å²) in [6.45, 7) is 3.01. The van der Waals surface area contributed by atoms with Crippen LogP contribution >= 0.6 is 0 Å². The van der Waals surface area contributed by atoms with Gasteiger partial charge in [0.25, 0.3) is 5.91 Å². The highest BCUT2D eigenvalue weighted by atomic mass is 19.4. The van der Waals surface area contributed by atoms with Gasteiger partial charge in [-0.05, 0) is 30.5 Å². The molecule has 2 fully saturated rings. The van der Waals surface area contributed by atoms with Gasteiger partial charge in [0.05, 0.1) is 43.8 Å². The minimum atomic E-state index is -5.08. The normalized spacial score (nSPS) is 22.6. The first-order chi connectivity index (χ1) is 15.7. The average molecular weight is 470 g/mol. The van der Waals surface area contributed by atoms with Crippen molar-refractivity contribution >= 4 is 11.9 Å². The lowest BCUT2D eigenvalue weighted by Crippen LogP contribution is -2.56. The number of halogens is 3. The number of aliphatic carboxylic acids is 1. The van der Waals surface area contributed by atoms with Crippen molar-refractivity contribution in [2.45, 2.75) is 37.6 Å². The maximum absolute atomic E-state index is 12.7. The predicted molar refractivity (Wildman–Crippen MR) is 108 cm³/mol. The lowest BCUT2D eigenvalue weighted by Gasteiger charge is -2.44. The number of rotatable bonds is 5. The van der Waals surface area contributed by atoms with Crippen LogP contribution in [-0.2, 0) is 20.9 Å². The Morgan fingerprint density at radius 3 is 2.76 bits per heavy atom. The summed E-state index contributed by atoms with van der Waals surface area (Å²) < 4.78 is 49.0. The van der Waals surface area contributed by atoms with Crippen molar-refractivity contribution in [2.75, 3.05) is 26.3 Å². The van der Waals surface area contributed by atoms with Crippen LogP contribution in [-0.4, -0.2) is 64.9 Å². The van der Waals surface area contributed by atoms with Crippen molar-refractivity contribution in [2.24, 2.45) is 5.92 Å². The maximum Gasteiger partial charge on any atom is 0.490 e. The van der Waals surface area contributed by atoms with Gasteiger partial charge in [-0.2, -0.15) is 13.2 Å². The zero-order valence-corrected chi connectivity index (χ0v) is 17.8. The number of amides is 1. The second kappa shape index (κ2) is 10.8. The number of nitrogens with zero attached hydrogens (tertiary/aromatic N) is 2. The molecule has 0 aromatic carbocycles. The van der Waals surface area contributed by atoms with E-state index in [9.17, 15) is 18.0 Å². The molecule has 1 amide bonds. The average Bonchev–Trinajstić information content (AvgIpc) is 3.45. The topological polar surface area (TPSA) is 102 Å². The summed E-state index contributed by atoms with van der Waals surface area (Å²) in [4.78, 5) is 27.6. The molecule has 2 aromatic heterocycles. The third kappa shape index (κ3) is 6.55. The number of carboxylic acid groups (broad SMARTS) is 1. The Bertz CT molecular complexity index is 907. The Balaban J connectivity index is 0.000000383. The molecule has 1 aliphatic carbocycles. The van der Waals surface area contributed by atoms with E-state index in [1.54, 1.807) is 12.3 Å². The van der Waals surface area contributed by atoms with Gasteiger partial charge in [-0.25, -0.2) is 4.79 Å². The van der Waals surface area contributed by atoms with E-state index >= 15 is 0 Å². The monoisotopic (exact) mass is 470 g/mol.